The number of oxazole rings is 1. The number of hydrogen-bond acceptors (Lipinski definition) is 4. The number of amides is 1. The molecule has 2 aromatic carbocycles. The normalized spacial score (nSPS) is 10.8. The van der Waals surface area contributed by atoms with Crippen LogP contribution < -0.4 is 5.32 Å². The summed E-state index contributed by atoms with van der Waals surface area (Å²) in [7, 11) is 0. The van der Waals surface area contributed by atoms with E-state index in [-0.39, 0.29) is 24.5 Å². The van der Waals surface area contributed by atoms with Gasteiger partial charge in [0.05, 0.1) is 5.69 Å². The minimum Gasteiger partial charge on any atom is -0.439 e. The van der Waals surface area contributed by atoms with E-state index in [1.807, 2.05) is 25.1 Å². The summed E-state index contributed by atoms with van der Waals surface area (Å²) in [5.74, 6) is 0.275. The van der Waals surface area contributed by atoms with E-state index in [1.54, 1.807) is 31.2 Å². The number of benzene rings is 2. The van der Waals surface area contributed by atoms with Gasteiger partial charge in [-0.3, -0.25) is 9.59 Å². The van der Waals surface area contributed by atoms with E-state index in [9.17, 15) is 9.59 Å². The summed E-state index contributed by atoms with van der Waals surface area (Å²) in [6.45, 7) is 3.72. The van der Waals surface area contributed by atoms with E-state index in [1.165, 1.54) is 0 Å². The molecule has 5 heteroatoms. The Morgan fingerprint density at radius 1 is 1.04 bits per heavy atom. The molecule has 0 spiro atoms. The molecule has 0 atom stereocenters. The lowest BCUT2D eigenvalue weighted by atomic mass is 10.0. The van der Waals surface area contributed by atoms with Crippen LogP contribution in [0.5, 0.6) is 0 Å². The van der Waals surface area contributed by atoms with Crippen molar-refractivity contribution in [3.05, 3.63) is 59.5 Å². The van der Waals surface area contributed by atoms with Gasteiger partial charge in [0.2, 0.25) is 5.91 Å². The highest BCUT2D eigenvalue weighted by Crippen LogP contribution is 2.24. The van der Waals surface area contributed by atoms with Crippen molar-refractivity contribution in [1.82, 2.24) is 4.98 Å². The van der Waals surface area contributed by atoms with Gasteiger partial charge in [-0.2, -0.15) is 0 Å². The number of ketones is 1. The monoisotopic (exact) mass is 322 g/mol. The molecule has 122 valence electrons. The second kappa shape index (κ2) is 6.66. The second-order valence-electron chi connectivity index (χ2n) is 5.72. The predicted molar refractivity (Wildman–Crippen MR) is 92.1 cm³/mol. The molecule has 1 N–H and O–H groups in total. The quantitative estimate of drug-likeness (QED) is 0.719. The van der Waals surface area contributed by atoms with Gasteiger partial charge in [-0.15, -0.1) is 0 Å². The van der Waals surface area contributed by atoms with Crippen molar-refractivity contribution >= 4 is 28.5 Å². The Balaban J connectivity index is 1.63. The van der Waals surface area contributed by atoms with Gasteiger partial charge in [-0.25, -0.2) is 4.98 Å². The van der Waals surface area contributed by atoms with Gasteiger partial charge in [0.1, 0.15) is 5.52 Å². The number of aryl methyl sites for hydroxylation is 2. The number of anilines is 1. The van der Waals surface area contributed by atoms with Gasteiger partial charge in [0.25, 0.3) is 0 Å². The highest BCUT2D eigenvalue weighted by atomic mass is 16.3. The molecule has 0 aliphatic rings. The average molecular weight is 322 g/mol. The largest absolute Gasteiger partial charge is 0.439 e. The molecule has 1 aromatic heterocycles. The zero-order valence-electron chi connectivity index (χ0n) is 13.6. The summed E-state index contributed by atoms with van der Waals surface area (Å²) >= 11 is 0. The lowest BCUT2D eigenvalue weighted by Crippen LogP contribution is -2.13. The molecule has 3 aromatic rings. The van der Waals surface area contributed by atoms with Crippen LogP contribution in [0.1, 0.15) is 34.7 Å². The molecule has 0 fully saturated rings. The third kappa shape index (κ3) is 3.51. The third-order valence-corrected chi connectivity index (χ3v) is 3.75. The van der Waals surface area contributed by atoms with Crippen molar-refractivity contribution in [2.75, 3.05) is 5.32 Å². The number of aromatic nitrogens is 1. The van der Waals surface area contributed by atoms with Crippen LogP contribution in [-0.2, 0) is 4.79 Å². The molecular formula is C19H18N2O3. The van der Waals surface area contributed by atoms with Crippen molar-refractivity contribution < 1.29 is 14.0 Å². The van der Waals surface area contributed by atoms with Crippen LogP contribution in [0.2, 0.25) is 0 Å². The summed E-state index contributed by atoms with van der Waals surface area (Å²) in [4.78, 5) is 28.5. The Bertz CT molecular complexity index is 895. The van der Waals surface area contributed by atoms with E-state index in [2.05, 4.69) is 10.3 Å². The first kappa shape index (κ1) is 15.9. The summed E-state index contributed by atoms with van der Waals surface area (Å²) in [6.07, 6.45) is 0.288. The second-order valence-corrected chi connectivity index (χ2v) is 5.72. The summed E-state index contributed by atoms with van der Waals surface area (Å²) in [5.41, 5.74) is 3.54. The van der Waals surface area contributed by atoms with E-state index >= 15 is 0 Å². The smallest absolute Gasteiger partial charge is 0.224 e. The molecule has 0 unspecified atom stereocenters. The minimum absolute atomic E-state index is 0.0427. The molecule has 24 heavy (non-hydrogen) atoms. The zero-order valence-corrected chi connectivity index (χ0v) is 13.6. The first-order valence-electron chi connectivity index (χ1n) is 7.79. The Kier molecular flexibility index (Phi) is 4.42. The molecule has 0 saturated carbocycles. The molecule has 1 amide bonds. The van der Waals surface area contributed by atoms with Crippen molar-refractivity contribution in [1.29, 1.82) is 0 Å². The highest BCUT2D eigenvalue weighted by molar-refractivity contribution is 6.02. The Morgan fingerprint density at radius 3 is 2.54 bits per heavy atom. The molecule has 3 rings (SSSR count). The molecule has 5 nitrogen and oxygen atoms in total. The van der Waals surface area contributed by atoms with Gasteiger partial charge in [0.15, 0.2) is 17.3 Å². The third-order valence-electron chi connectivity index (χ3n) is 3.75. The van der Waals surface area contributed by atoms with Crippen LogP contribution >= 0.6 is 0 Å². The fraction of sp³-hybridized carbons (Fsp3) is 0.211. The fourth-order valence-electron chi connectivity index (χ4n) is 2.48. The van der Waals surface area contributed by atoms with Crippen LogP contribution in [0, 0.1) is 13.8 Å². The number of Topliss-reactive ketones (excluding diaryl/α,β-unsaturated/α-hetero) is 1. The predicted octanol–water partition coefficient (Wildman–Crippen LogP) is 4.05. The number of nitrogens with one attached hydrogen (secondary N) is 1. The van der Waals surface area contributed by atoms with Crippen molar-refractivity contribution in [3.8, 4) is 0 Å². The number of para-hydroxylation sites is 1. The maximum atomic E-state index is 12.1. The number of carbonyl (C=O) groups is 2. The minimum atomic E-state index is -0.225. The number of carbonyl (C=O) groups excluding carboxylic acids is 2. The van der Waals surface area contributed by atoms with Crippen LogP contribution in [0.15, 0.2) is 46.9 Å². The topological polar surface area (TPSA) is 72.2 Å². The molecule has 0 saturated heterocycles. The van der Waals surface area contributed by atoms with Crippen molar-refractivity contribution in [2.45, 2.75) is 26.7 Å². The van der Waals surface area contributed by atoms with Crippen molar-refractivity contribution in [3.63, 3.8) is 0 Å². The number of fused-ring (bicyclic) bond motifs is 1. The average Bonchev–Trinajstić information content (AvgIpc) is 2.95. The summed E-state index contributed by atoms with van der Waals surface area (Å²) in [6, 6.07) is 12.7. The highest BCUT2D eigenvalue weighted by Gasteiger charge is 2.12. The summed E-state index contributed by atoms with van der Waals surface area (Å²) < 4.78 is 5.51. The lowest BCUT2D eigenvalue weighted by molar-refractivity contribution is -0.116. The first-order valence-corrected chi connectivity index (χ1v) is 7.79. The number of nitrogens with zero attached hydrogens (tertiary/aromatic N) is 1. The molecular weight excluding hydrogens is 304 g/mol. The SMILES string of the molecule is Cc1ccc(C(=O)CCC(=O)Nc2cccc3nc(C)oc23)cc1. The lowest BCUT2D eigenvalue weighted by Gasteiger charge is -2.05. The zero-order chi connectivity index (χ0) is 17.1. The van der Waals surface area contributed by atoms with Crippen LogP contribution in [0.3, 0.4) is 0 Å². The van der Waals surface area contributed by atoms with Crippen LogP contribution in [0.4, 0.5) is 5.69 Å². The van der Waals surface area contributed by atoms with E-state index in [0.29, 0.717) is 28.2 Å². The first-order chi connectivity index (χ1) is 11.5. The molecule has 1 heterocycles. The van der Waals surface area contributed by atoms with Gasteiger partial charge >= 0.3 is 0 Å². The maximum absolute atomic E-state index is 12.1. The number of rotatable bonds is 5. The molecule has 0 radical (unpaired) electrons. The Hall–Kier alpha value is -2.95. The van der Waals surface area contributed by atoms with Crippen molar-refractivity contribution in [2.24, 2.45) is 0 Å². The van der Waals surface area contributed by atoms with Crippen LogP contribution in [0.25, 0.3) is 11.1 Å². The standard InChI is InChI=1S/C19H18N2O3/c1-12-6-8-14(9-7-12)17(22)10-11-18(23)21-16-5-3-4-15-19(16)24-13(2)20-15/h3-9H,10-11H2,1-2H3,(H,21,23). The van der Waals surface area contributed by atoms with E-state index < -0.39 is 0 Å². The fourth-order valence-corrected chi connectivity index (χ4v) is 2.48. The van der Waals surface area contributed by atoms with Crippen LogP contribution in [-0.4, -0.2) is 16.7 Å². The molecule has 0 bridgehead atoms. The molecule has 0 aliphatic heterocycles. The Morgan fingerprint density at radius 2 is 1.79 bits per heavy atom. The number of hydrogen-bond donors (Lipinski definition) is 1. The van der Waals surface area contributed by atoms with Gasteiger partial charge < -0.3 is 9.73 Å². The summed E-state index contributed by atoms with van der Waals surface area (Å²) in [5, 5.41) is 2.79. The van der Waals surface area contributed by atoms with E-state index in [4.69, 9.17) is 4.42 Å². The molecule has 0 aliphatic carbocycles. The van der Waals surface area contributed by atoms with Gasteiger partial charge in [0, 0.05) is 25.3 Å². The van der Waals surface area contributed by atoms with Gasteiger partial charge in [-0.05, 0) is 19.1 Å². The Labute approximate surface area is 139 Å². The van der Waals surface area contributed by atoms with Gasteiger partial charge in [-0.1, -0.05) is 35.9 Å². The maximum Gasteiger partial charge on any atom is 0.224 e. The van der Waals surface area contributed by atoms with E-state index in [0.717, 1.165) is 5.56 Å².